The fraction of sp³-hybridized carbons (Fsp3) is 0.308. The van der Waals surface area contributed by atoms with Gasteiger partial charge in [-0.2, -0.15) is 5.10 Å². The first-order valence-electron chi connectivity index (χ1n) is 5.92. The molecule has 0 atom stereocenters. The number of pyridine rings is 1. The number of aromatic nitrogens is 3. The smallest absolute Gasteiger partial charge is 0.339 e. The number of ether oxygens (including phenoxy) is 1. The van der Waals surface area contributed by atoms with E-state index in [1.54, 1.807) is 0 Å². The van der Waals surface area contributed by atoms with E-state index >= 15 is 0 Å². The summed E-state index contributed by atoms with van der Waals surface area (Å²) in [5, 5.41) is 13.3. The number of aromatic carboxylic acids is 1. The van der Waals surface area contributed by atoms with Crippen LogP contribution in [0.3, 0.4) is 0 Å². The lowest BCUT2D eigenvalue weighted by Gasteiger charge is -2.07. The van der Waals surface area contributed by atoms with Crippen LogP contribution in [0.5, 0.6) is 5.75 Å². The van der Waals surface area contributed by atoms with Crippen LogP contribution >= 0.6 is 0 Å². The second kappa shape index (κ2) is 5.51. The van der Waals surface area contributed by atoms with Gasteiger partial charge in [-0.15, -0.1) is 0 Å². The lowest BCUT2D eigenvalue weighted by atomic mass is 10.2. The van der Waals surface area contributed by atoms with Crippen LogP contribution in [-0.2, 0) is 6.61 Å². The number of carbonyl (C=O) groups is 1. The van der Waals surface area contributed by atoms with Crippen molar-refractivity contribution in [1.82, 2.24) is 14.8 Å². The number of carboxylic acid groups (broad SMARTS) is 1. The second-order valence-electron chi connectivity index (χ2n) is 4.35. The number of nitrogens with zero attached hydrogens (tertiary/aromatic N) is 3. The minimum atomic E-state index is -1.04. The molecular weight excluding hydrogens is 246 g/mol. The van der Waals surface area contributed by atoms with E-state index in [0.29, 0.717) is 0 Å². The van der Waals surface area contributed by atoms with Crippen LogP contribution < -0.4 is 4.74 Å². The van der Waals surface area contributed by atoms with Crippen LogP contribution in [-0.4, -0.2) is 25.8 Å². The molecule has 0 spiro atoms. The van der Waals surface area contributed by atoms with Crippen LogP contribution in [0.2, 0.25) is 0 Å². The van der Waals surface area contributed by atoms with E-state index in [4.69, 9.17) is 9.84 Å². The largest absolute Gasteiger partial charge is 0.485 e. The van der Waals surface area contributed by atoms with Gasteiger partial charge < -0.3 is 9.84 Å². The molecule has 2 aromatic rings. The molecule has 100 valence electrons. The number of carboxylic acids is 1. The quantitative estimate of drug-likeness (QED) is 0.892. The maximum Gasteiger partial charge on any atom is 0.339 e. The summed E-state index contributed by atoms with van der Waals surface area (Å²) in [6.45, 7) is 4.27. The fourth-order valence-electron chi connectivity index (χ4n) is 1.57. The molecule has 19 heavy (non-hydrogen) atoms. The maximum absolute atomic E-state index is 11.0. The summed E-state index contributed by atoms with van der Waals surface area (Å²) in [6, 6.07) is 3.53. The molecular formula is C13H15N3O3. The molecule has 0 aromatic carbocycles. The van der Waals surface area contributed by atoms with E-state index < -0.39 is 5.97 Å². The van der Waals surface area contributed by atoms with Gasteiger partial charge in [-0.05, 0) is 26.0 Å². The Kier molecular flexibility index (Phi) is 3.79. The highest BCUT2D eigenvalue weighted by atomic mass is 16.5. The van der Waals surface area contributed by atoms with E-state index in [1.807, 2.05) is 30.8 Å². The Bertz CT molecular complexity index is 578. The maximum atomic E-state index is 11.0. The summed E-state index contributed by atoms with van der Waals surface area (Å²) in [5.74, 6) is -0.792. The Labute approximate surface area is 110 Å². The third-order valence-corrected chi connectivity index (χ3v) is 2.58. The second-order valence-corrected chi connectivity index (χ2v) is 4.35. The first kappa shape index (κ1) is 13.1. The van der Waals surface area contributed by atoms with Crippen molar-refractivity contribution in [2.24, 2.45) is 0 Å². The Balaban J connectivity index is 2.08. The summed E-state index contributed by atoms with van der Waals surface area (Å²) in [4.78, 5) is 14.9. The van der Waals surface area contributed by atoms with E-state index in [1.165, 1.54) is 18.5 Å². The zero-order chi connectivity index (χ0) is 13.8. The monoisotopic (exact) mass is 261 g/mol. The Hall–Kier alpha value is -2.37. The van der Waals surface area contributed by atoms with Gasteiger partial charge in [0.05, 0.1) is 11.9 Å². The van der Waals surface area contributed by atoms with Crippen molar-refractivity contribution in [3.05, 3.63) is 42.0 Å². The first-order valence-corrected chi connectivity index (χ1v) is 5.92. The van der Waals surface area contributed by atoms with Crippen LogP contribution in [0.15, 0.2) is 30.7 Å². The summed E-state index contributed by atoms with van der Waals surface area (Å²) < 4.78 is 7.28. The van der Waals surface area contributed by atoms with Crippen molar-refractivity contribution in [2.45, 2.75) is 26.5 Å². The van der Waals surface area contributed by atoms with Gasteiger partial charge in [-0.3, -0.25) is 9.67 Å². The van der Waals surface area contributed by atoms with E-state index in [9.17, 15) is 4.79 Å². The average Bonchev–Trinajstić information content (AvgIpc) is 2.85. The summed E-state index contributed by atoms with van der Waals surface area (Å²) in [7, 11) is 0. The molecule has 0 saturated carbocycles. The van der Waals surface area contributed by atoms with Gasteiger partial charge in [-0.1, -0.05) is 0 Å². The Morgan fingerprint density at radius 2 is 2.26 bits per heavy atom. The van der Waals surface area contributed by atoms with Gasteiger partial charge in [-0.25, -0.2) is 4.79 Å². The summed E-state index contributed by atoms with van der Waals surface area (Å²) in [6.07, 6.45) is 4.68. The van der Waals surface area contributed by atoms with Gasteiger partial charge >= 0.3 is 5.97 Å². The van der Waals surface area contributed by atoms with Crippen molar-refractivity contribution >= 4 is 5.97 Å². The molecule has 0 amide bonds. The minimum absolute atomic E-state index is 0.0956. The zero-order valence-electron chi connectivity index (χ0n) is 10.8. The SMILES string of the molecule is CC(C)n1ccc(COc2cnccc2C(=O)O)n1. The van der Waals surface area contributed by atoms with Crippen molar-refractivity contribution in [3.8, 4) is 5.75 Å². The number of rotatable bonds is 5. The topological polar surface area (TPSA) is 77.2 Å². The predicted molar refractivity (Wildman–Crippen MR) is 68.1 cm³/mol. The van der Waals surface area contributed by atoms with Gasteiger partial charge in [0.25, 0.3) is 0 Å². The van der Waals surface area contributed by atoms with Crippen molar-refractivity contribution in [1.29, 1.82) is 0 Å². The highest BCUT2D eigenvalue weighted by Crippen LogP contribution is 2.17. The average molecular weight is 261 g/mol. The van der Waals surface area contributed by atoms with Crippen LogP contribution in [0, 0.1) is 0 Å². The molecule has 6 heteroatoms. The molecule has 0 saturated heterocycles. The van der Waals surface area contributed by atoms with Gasteiger partial charge in [0.1, 0.15) is 12.2 Å². The Morgan fingerprint density at radius 3 is 2.89 bits per heavy atom. The molecule has 0 aliphatic rings. The highest BCUT2D eigenvalue weighted by Gasteiger charge is 2.11. The standard InChI is InChI=1S/C13H15N3O3/c1-9(2)16-6-4-10(15-16)8-19-12-7-14-5-3-11(12)13(17)18/h3-7,9H,8H2,1-2H3,(H,17,18). The normalized spacial score (nSPS) is 10.7. The molecule has 2 rings (SSSR count). The molecule has 2 heterocycles. The minimum Gasteiger partial charge on any atom is -0.485 e. The van der Waals surface area contributed by atoms with Crippen molar-refractivity contribution in [3.63, 3.8) is 0 Å². The summed E-state index contributed by atoms with van der Waals surface area (Å²) in [5.41, 5.74) is 0.840. The molecule has 0 radical (unpaired) electrons. The van der Waals surface area contributed by atoms with Crippen LogP contribution in [0.1, 0.15) is 35.9 Å². The lowest BCUT2D eigenvalue weighted by Crippen LogP contribution is -2.06. The molecule has 0 fully saturated rings. The molecule has 0 unspecified atom stereocenters. The zero-order valence-corrected chi connectivity index (χ0v) is 10.8. The molecule has 6 nitrogen and oxygen atoms in total. The van der Waals surface area contributed by atoms with Gasteiger partial charge in [0.2, 0.25) is 0 Å². The third kappa shape index (κ3) is 3.09. The van der Waals surface area contributed by atoms with Crippen molar-refractivity contribution < 1.29 is 14.6 Å². The van der Waals surface area contributed by atoms with Gasteiger partial charge in [0.15, 0.2) is 5.75 Å². The molecule has 0 aliphatic carbocycles. The molecule has 2 aromatic heterocycles. The molecule has 0 bridgehead atoms. The third-order valence-electron chi connectivity index (χ3n) is 2.58. The van der Waals surface area contributed by atoms with E-state index in [-0.39, 0.29) is 24.0 Å². The van der Waals surface area contributed by atoms with E-state index in [0.717, 1.165) is 5.69 Å². The van der Waals surface area contributed by atoms with E-state index in [2.05, 4.69) is 10.1 Å². The van der Waals surface area contributed by atoms with Crippen LogP contribution in [0.4, 0.5) is 0 Å². The number of hydrogen-bond donors (Lipinski definition) is 1. The lowest BCUT2D eigenvalue weighted by molar-refractivity contribution is 0.0691. The highest BCUT2D eigenvalue weighted by molar-refractivity contribution is 5.90. The summed E-state index contributed by atoms with van der Waals surface area (Å²) >= 11 is 0. The van der Waals surface area contributed by atoms with Gasteiger partial charge in [0, 0.05) is 18.4 Å². The molecule has 1 N–H and O–H groups in total. The van der Waals surface area contributed by atoms with Crippen LogP contribution in [0.25, 0.3) is 0 Å². The van der Waals surface area contributed by atoms with Crippen molar-refractivity contribution in [2.75, 3.05) is 0 Å². The predicted octanol–water partition coefficient (Wildman–Crippen LogP) is 2.14. The fourth-order valence-corrected chi connectivity index (χ4v) is 1.57. The Morgan fingerprint density at radius 1 is 1.47 bits per heavy atom. The molecule has 0 aliphatic heterocycles. The first-order chi connectivity index (χ1) is 9.08. The number of hydrogen-bond acceptors (Lipinski definition) is 4.